The molecular formula is C29H38N4O3. The maximum Gasteiger partial charge on any atom is 0.256 e. The van der Waals surface area contributed by atoms with Crippen molar-refractivity contribution in [3.8, 4) is 0 Å². The van der Waals surface area contributed by atoms with Crippen LogP contribution in [0.1, 0.15) is 58.3 Å². The fraction of sp³-hybridized carbons (Fsp3) is 0.414. The summed E-state index contributed by atoms with van der Waals surface area (Å²) in [7, 11) is 1.74. The van der Waals surface area contributed by atoms with Gasteiger partial charge in [0.25, 0.3) is 5.91 Å². The third kappa shape index (κ3) is 6.40. The molecule has 3 aromatic rings. The van der Waals surface area contributed by atoms with Crippen LogP contribution in [0, 0.1) is 13.8 Å². The molecule has 0 saturated carbocycles. The summed E-state index contributed by atoms with van der Waals surface area (Å²) in [5.41, 5.74) is 5.64. The van der Waals surface area contributed by atoms with Gasteiger partial charge in [0.15, 0.2) is 5.78 Å². The number of nitrogens with zero attached hydrogens (tertiary/aromatic N) is 3. The molecule has 4 rings (SSSR count). The van der Waals surface area contributed by atoms with Crippen molar-refractivity contribution in [1.82, 2.24) is 19.7 Å². The molecule has 2 amide bonds. The fourth-order valence-corrected chi connectivity index (χ4v) is 4.47. The fourth-order valence-electron chi connectivity index (χ4n) is 4.47. The van der Waals surface area contributed by atoms with Gasteiger partial charge in [0, 0.05) is 68.0 Å². The standard InChI is InChI=1S/C25H29N3O2.C4H9NO/c1-16-5-7-20(8-6-16)15-27-11-12-28(17(2)14-27)25(30)24-18(3)26-23-10-9-21(19(4)29)13-22(23)24;1-3-5(2)4-6/h5-10,13,17,26H,11-12,14-15H2,1-4H3;4H,3H2,1-2H3/t17-;/m1./s1. The van der Waals surface area contributed by atoms with Crippen molar-refractivity contribution in [2.24, 2.45) is 0 Å². The Hall–Kier alpha value is -3.45. The molecule has 192 valence electrons. The highest BCUT2D eigenvalue weighted by molar-refractivity contribution is 6.10. The quantitative estimate of drug-likeness (QED) is 0.410. The van der Waals surface area contributed by atoms with E-state index in [1.54, 1.807) is 24.9 Å². The Bertz CT molecular complexity index is 1220. The van der Waals surface area contributed by atoms with Crippen LogP contribution in [0.15, 0.2) is 42.5 Å². The van der Waals surface area contributed by atoms with Crippen LogP contribution >= 0.6 is 0 Å². The normalized spacial score (nSPS) is 15.8. The number of amides is 2. The van der Waals surface area contributed by atoms with E-state index in [0.717, 1.165) is 49.2 Å². The zero-order valence-corrected chi connectivity index (χ0v) is 22.3. The summed E-state index contributed by atoms with van der Waals surface area (Å²) in [5, 5.41) is 0.833. The topological polar surface area (TPSA) is 76.7 Å². The lowest BCUT2D eigenvalue weighted by molar-refractivity contribution is -0.116. The van der Waals surface area contributed by atoms with Gasteiger partial charge >= 0.3 is 0 Å². The van der Waals surface area contributed by atoms with Crippen molar-refractivity contribution in [2.45, 2.75) is 47.2 Å². The van der Waals surface area contributed by atoms with Crippen LogP contribution in [0.2, 0.25) is 0 Å². The second-order valence-corrected chi connectivity index (χ2v) is 9.69. The molecule has 1 aromatic heterocycles. The van der Waals surface area contributed by atoms with Gasteiger partial charge in [-0.1, -0.05) is 29.8 Å². The zero-order valence-electron chi connectivity index (χ0n) is 22.3. The molecule has 1 N–H and O–H groups in total. The molecule has 0 aliphatic carbocycles. The van der Waals surface area contributed by atoms with Gasteiger partial charge in [0.1, 0.15) is 0 Å². The first-order valence-electron chi connectivity index (χ1n) is 12.5. The monoisotopic (exact) mass is 490 g/mol. The number of piperazine rings is 1. The molecule has 1 fully saturated rings. The third-order valence-corrected chi connectivity index (χ3v) is 6.78. The lowest BCUT2D eigenvalue weighted by Crippen LogP contribution is -2.53. The number of hydrogen-bond acceptors (Lipinski definition) is 4. The smallest absolute Gasteiger partial charge is 0.256 e. The molecule has 0 bridgehead atoms. The van der Waals surface area contributed by atoms with Crippen molar-refractivity contribution < 1.29 is 14.4 Å². The summed E-state index contributed by atoms with van der Waals surface area (Å²) in [6.07, 6.45) is 0.806. The van der Waals surface area contributed by atoms with Crippen molar-refractivity contribution in [2.75, 3.05) is 33.2 Å². The van der Waals surface area contributed by atoms with Gasteiger partial charge in [-0.05, 0) is 58.4 Å². The molecule has 1 saturated heterocycles. The second-order valence-electron chi connectivity index (χ2n) is 9.69. The average Bonchev–Trinajstić information content (AvgIpc) is 3.19. The lowest BCUT2D eigenvalue weighted by Gasteiger charge is -2.40. The van der Waals surface area contributed by atoms with Crippen molar-refractivity contribution >= 4 is 29.0 Å². The summed E-state index contributed by atoms with van der Waals surface area (Å²) in [6, 6.07) is 14.3. The maximum atomic E-state index is 13.5. The number of aromatic nitrogens is 1. The minimum absolute atomic E-state index is 0.00670. The van der Waals surface area contributed by atoms with Gasteiger partial charge in [-0.15, -0.1) is 0 Å². The number of benzene rings is 2. The van der Waals surface area contributed by atoms with Gasteiger partial charge in [-0.2, -0.15) is 0 Å². The predicted octanol–water partition coefficient (Wildman–Crippen LogP) is 4.43. The first-order chi connectivity index (χ1) is 17.1. The van der Waals surface area contributed by atoms with Crippen LogP contribution in [-0.4, -0.2) is 77.1 Å². The summed E-state index contributed by atoms with van der Waals surface area (Å²) in [4.78, 5) is 44.2. The Labute approximate surface area is 214 Å². The first-order valence-corrected chi connectivity index (χ1v) is 12.5. The molecule has 1 atom stereocenters. The van der Waals surface area contributed by atoms with Crippen LogP contribution in [-0.2, 0) is 11.3 Å². The van der Waals surface area contributed by atoms with Gasteiger partial charge in [0.2, 0.25) is 6.41 Å². The summed E-state index contributed by atoms with van der Waals surface area (Å²) in [5.74, 6) is 0.0502. The Morgan fingerprint density at radius 2 is 1.81 bits per heavy atom. The number of aromatic amines is 1. The molecule has 0 spiro atoms. The number of nitrogens with one attached hydrogen (secondary N) is 1. The number of H-pyrrole nitrogens is 1. The molecule has 36 heavy (non-hydrogen) atoms. The number of aryl methyl sites for hydroxylation is 2. The van der Waals surface area contributed by atoms with Gasteiger partial charge in [-0.25, -0.2) is 0 Å². The number of fused-ring (bicyclic) bond motifs is 1. The molecule has 2 heterocycles. The van der Waals surface area contributed by atoms with Crippen molar-refractivity contribution in [3.63, 3.8) is 0 Å². The van der Waals surface area contributed by atoms with E-state index in [9.17, 15) is 14.4 Å². The largest absolute Gasteiger partial charge is 0.358 e. The predicted molar refractivity (Wildman–Crippen MR) is 144 cm³/mol. The number of Topliss-reactive ketones (excluding diaryl/α,β-unsaturated/α-hetero) is 1. The maximum absolute atomic E-state index is 13.5. The minimum atomic E-state index is 0.00670. The molecular weight excluding hydrogens is 452 g/mol. The molecule has 1 aliphatic heterocycles. The summed E-state index contributed by atoms with van der Waals surface area (Å²) >= 11 is 0. The van der Waals surface area contributed by atoms with E-state index in [1.165, 1.54) is 11.1 Å². The third-order valence-electron chi connectivity index (χ3n) is 6.78. The number of ketones is 1. The molecule has 7 heteroatoms. The molecule has 1 aliphatic rings. The van der Waals surface area contributed by atoms with E-state index in [2.05, 4.69) is 48.0 Å². The Balaban J connectivity index is 0.000000538. The van der Waals surface area contributed by atoms with E-state index < -0.39 is 0 Å². The number of hydrogen-bond donors (Lipinski definition) is 1. The van der Waals surface area contributed by atoms with E-state index in [0.29, 0.717) is 17.7 Å². The van der Waals surface area contributed by atoms with Gasteiger partial charge in [-0.3, -0.25) is 19.3 Å². The minimum Gasteiger partial charge on any atom is -0.358 e. The Kier molecular flexibility index (Phi) is 9.04. The summed E-state index contributed by atoms with van der Waals surface area (Å²) < 4.78 is 0. The first kappa shape index (κ1) is 27.1. The van der Waals surface area contributed by atoms with E-state index >= 15 is 0 Å². The highest BCUT2D eigenvalue weighted by atomic mass is 16.2. The molecule has 7 nitrogen and oxygen atoms in total. The van der Waals surface area contributed by atoms with Crippen LogP contribution < -0.4 is 0 Å². The number of rotatable bonds is 6. The van der Waals surface area contributed by atoms with E-state index in [1.807, 2.05) is 30.9 Å². The van der Waals surface area contributed by atoms with Crippen LogP contribution in [0.5, 0.6) is 0 Å². The number of carbonyl (C=O) groups excluding carboxylic acids is 3. The Morgan fingerprint density at radius 3 is 2.36 bits per heavy atom. The van der Waals surface area contributed by atoms with E-state index in [4.69, 9.17) is 0 Å². The molecule has 2 aromatic carbocycles. The van der Waals surface area contributed by atoms with Crippen LogP contribution in [0.25, 0.3) is 10.9 Å². The zero-order chi connectivity index (χ0) is 26.4. The Morgan fingerprint density at radius 1 is 1.11 bits per heavy atom. The van der Waals surface area contributed by atoms with E-state index in [-0.39, 0.29) is 17.7 Å². The van der Waals surface area contributed by atoms with Crippen molar-refractivity contribution in [3.05, 3.63) is 70.4 Å². The average molecular weight is 491 g/mol. The van der Waals surface area contributed by atoms with Gasteiger partial charge in [0.05, 0.1) is 5.56 Å². The van der Waals surface area contributed by atoms with Crippen molar-refractivity contribution in [1.29, 1.82) is 0 Å². The molecule has 0 radical (unpaired) electrons. The highest BCUT2D eigenvalue weighted by Gasteiger charge is 2.30. The number of carbonyl (C=O) groups is 3. The summed E-state index contributed by atoms with van der Waals surface area (Å²) in [6.45, 7) is 13.7. The lowest BCUT2D eigenvalue weighted by atomic mass is 10.0. The van der Waals surface area contributed by atoms with Crippen LogP contribution in [0.4, 0.5) is 0 Å². The molecule has 0 unspecified atom stereocenters. The SMILES string of the molecule is CC(=O)c1ccc2[nH]c(C)c(C(=O)N3CCN(Cc4ccc(C)cc4)C[C@H]3C)c2c1.CCN(C)C=O. The second kappa shape index (κ2) is 12.0. The van der Waals surface area contributed by atoms with Crippen LogP contribution in [0.3, 0.4) is 0 Å². The highest BCUT2D eigenvalue weighted by Crippen LogP contribution is 2.27. The van der Waals surface area contributed by atoms with Gasteiger partial charge < -0.3 is 14.8 Å².